The van der Waals surface area contributed by atoms with Gasteiger partial charge in [0.25, 0.3) is 0 Å². The lowest BCUT2D eigenvalue weighted by Crippen LogP contribution is -2.05. The van der Waals surface area contributed by atoms with E-state index in [0.29, 0.717) is 12.0 Å². The Morgan fingerprint density at radius 3 is 2.43 bits per heavy atom. The largest absolute Gasteiger partial charge is 0.416 e. The number of halogens is 3. The maximum atomic E-state index is 12.3. The summed E-state index contributed by atoms with van der Waals surface area (Å²) >= 11 is 0. The Bertz CT molecular complexity index is 337. The lowest BCUT2D eigenvalue weighted by Gasteiger charge is -2.09. The molecule has 0 N–H and O–H groups in total. The van der Waals surface area contributed by atoms with Crippen LogP contribution in [-0.2, 0) is 12.6 Å². The molecule has 1 aromatic rings. The maximum absolute atomic E-state index is 12.3. The highest BCUT2D eigenvalue weighted by molar-refractivity contribution is 5.53. The van der Waals surface area contributed by atoms with Gasteiger partial charge in [-0.3, -0.25) is 0 Å². The normalized spacial score (nSPS) is 11.4. The molecule has 14 heavy (non-hydrogen) atoms. The Morgan fingerprint density at radius 1 is 1.36 bits per heavy atom. The van der Waals surface area contributed by atoms with E-state index < -0.39 is 11.7 Å². The molecule has 0 saturated heterocycles. The third-order valence-electron chi connectivity index (χ3n) is 2.07. The standard InChI is InChI=1S/C11H11F3/c1-3-8-5-6-10(11(12,13)14)7-9(8)4-2/h4-7H,2-3H2,1H3. The molecule has 0 unspecified atom stereocenters. The van der Waals surface area contributed by atoms with Crippen molar-refractivity contribution in [2.75, 3.05) is 0 Å². The first-order valence-corrected chi connectivity index (χ1v) is 4.31. The van der Waals surface area contributed by atoms with Gasteiger partial charge in [0.05, 0.1) is 5.56 Å². The molecule has 0 fully saturated rings. The predicted octanol–water partition coefficient (Wildman–Crippen LogP) is 3.91. The fourth-order valence-corrected chi connectivity index (χ4v) is 1.28. The first kappa shape index (κ1) is 10.8. The number of benzene rings is 1. The molecule has 76 valence electrons. The van der Waals surface area contributed by atoms with E-state index in [4.69, 9.17) is 0 Å². The molecule has 0 nitrogen and oxygen atoms in total. The van der Waals surface area contributed by atoms with Crippen LogP contribution >= 0.6 is 0 Å². The first-order valence-electron chi connectivity index (χ1n) is 4.31. The Balaban J connectivity index is 3.21. The maximum Gasteiger partial charge on any atom is 0.416 e. The molecular formula is C11H11F3. The lowest BCUT2D eigenvalue weighted by molar-refractivity contribution is -0.137. The van der Waals surface area contributed by atoms with E-state index in [1.807, 2.05) is 6.92 Å². The van der Waals surface area contributed by atoms with Crippen molar-refractivity contribution in [3.05, 3.63) is 41.5 Å². The van der Waals surface area contributed by atoms with Crippen LogP contribution in [0.3, 0.4) is 0 Å². The van der Waals surface area contributed by atoms with Gasteiger partial charge in [0.2, 0.25) is 0 Å². The number of rotatable bonds is 2. The quantitative estimate of drug-likeness (QED) is 0.678. The molecule has 1 aromatic carbocycles. The summed E-state index contributed by atoms with van der Waals surface area (Å²) in [6, 6.07) is 3.73. The molecule has 0 aliphatic heterocycles. The van der Waals surface area contributed by atoms with Crippen LogP contribution in [0.25, 0.3) is 6.08 Å². The van der Waals surface area contributed by atoms with Gasteiger partial charge in [0.1, 0.15) is 0 Å². The van der Waals surface area contributed by atoms with Crippen LogP contribution in [0.1, 0.15) is 23.6 Å². The fraction of sp³-hybridized carbons (Fsp3) is 0.273. The van der Waals surface area contributed by atoms with Crippen molar-refractivity contribution < 1.29 is 13.2 Å². The van der Waals surface area contributed by atoms with Crippen LogP contribution in [0.15, 0.2) is 24.8 Å². The highest BCUT2D eigenvalue weighted by Gasteiger charge is 2.30. The zero-order valence-corrected chi connectivity index (χ0v) is 7.86. The molecule has 0 saturated carbocycles. The number of hydrogen-bond acceptors (Lipinski definition) is 0. The van der Waals surface area contributed by atoms with E-state index in [1.165, 1.54) is 12.1 Å². The van der Waals surface area contributed by atoms with Crippen molar-refractivity contribution in [2.24, 2.45) is 0 Å². The third kappa shape index (κ3) is 2.16. The van der Waals surface area contributed by atoms with Gasteiger partial charge in [-0.25, -0.2) is 0 Å². The Kier molecular flexibility index (Phi) is 2.99. The summed E-state index contributed by atoms with van der Waals surface area (Å²) < 4.78 is 36.9. The van der Waals surface area contributed by atoms with E-state index in [9.17, 15) is 13.2 Å². The number of aryl methyl sites for hydroxylation is 1. The topological polar surface area (TPSA) is 0 Å². The predicted molar refractivity (Wildman–Crippen MR) is 50.9 cm³/mol. The second kappa shape index (κ2) is 3.86. The van der Waals surface area contributed by atoms with Crippen molar-refractivity contribution in [3.63, 3.8) is 0 Å². The lowest BCUT2D eigenvalue weighted by atomic mass is 10.0. The SMILES string of the molecule is C=Cc1cc(C(F)(F)F)ccc1CC. The monoisotopic (exact) mass is 200 g/mol. The van der Waals surface area contributed by atoms with Crippen molar-refractivity contribution in [1.29, 1.82) is 0 Å². The number of alkyl halides is 3. The molecule has 0 heterocycles. The smallest absolute Gasteiger partial charge is 0.166 e. The Labute approximate surface area is 81.1 Å². The van der Waals surface area contributed by atoms with Gasteiger partial charge in [0, 0.05) is 0 Å². The summed E-state index contributed by atoms with van der Waals surface area (Å²) in [5.74, 6) is 0. The van der Waals surface area contributed by atoms with E-state index in [0.717, 1.165) is 17.7 Å². The zero-order chi connectivity index (χ0) is 10.8. The summed E-state index contributed by atoms with van der Waals surface area (Å²) in [6.07, 6.45) is -2.11. The van der Waals surface area contributed by atoms with Gasteiger partial charge in [-0.05, 0) is 29.7 Å². The Hall–Kier alpha value is -1.25. The second-order valence-electron chi connectivity index (χ2n) is 2.97. The highest BCUT2D eigenvalue weighted by atomic mass is 19.4. The van der Waals surface area contributed by atoms with E-state index in [2.05, 4.69) is 6.58 Å². The van der Waals surface area contributed by atoms with Crippen molar-refractivity contribution in [3.8, 4) is 0 Å². The zero-order valence-electron chi connectivity index (χ0n) is 7.86. The molecule has 0 amide bonds. The summed E-state index contributed by atoms with van der Waals surface area (Å²) in [5.41, 5.74) is 0.819. The van der Waals surface area contributed by atoms with Crippen LogP contribution in [-0.4, -0.2) is 0 Å². The molecule has 0 spiro atoms. The molecule has 0 aliphatic rings. The Morgan fingerprint density at radius 2 is 2.00 bits per heavy atom. The van der Waals surface area contributed by atoms with Crippen LogP contribution in [0.4, 0.5) is 13.2 Å². The van der Waals surface area contributed by atoms with Gasteiger partial charge >= 0.3 is 6.18 Å². The highest BCUT2D eigenvalue weighted by Crippen LogP contribution is 2.30. The molecule has 1 rings (SSSR count). The van der Waals surface area contributed by atoms with E-state index in [1.54, 1.807) is 0 Å². The minimum Gasteiger partial charge on any atom is -0.166 e. The van der Waals surface area contributed by atoms with Crippen LogP contribution in [0.5, 0.6) is 0 Å². The number of hydrogen-bond donors (Lipinski definition) is 0. The molecule has 0 atom stereocenters. The van der Waals surface area contributed by atoms with Crippen LogP contribution in [0, 0.1) is 0 Å². The molecule has 0 radical (unpaired) electrons. The average molecular weight is 200 g/mol. The van der Waals surface area contributed by atoms with Crippen molar-refractivity contribution in [1.82, 2.24) is 0 Å². The molecule has 0 bridgehead atoms. The van der Waals surface area contributed by atoms with E-state index in [-0.39, 0.29) is 0 Å². The fourth-order valence-electron chi connectivity index (χ4n) is 1.28. The minimum absolute atomic E-state index is 0.558. The van der Waals surface area contributed by atoms with Gasteiger partial charge in [-0.15, -0.1) is 0 Å². The summed E-state index contributed by atoms with van der Waals surface area (Å²) in [7, 11) is 0. The minimum atomic E-state index is -4.27. The van der Waals surface area contributed by atoms with E-state index >= 15 is 0 Å². The van der Waals surface area contributed by atoms with Gasteiger partial charge in [-0.2, -0.15) is 13.2 Å². The van der Waals surface area contributed by atoms with Crippen LogP contribution in [0.2, 0.25) is 0 Å². The van der Waals surface area contributed by atoms with Crippen molar-refractivity contribution in [2.45, 2.75) is 19.5 Å². The average Bonchev–Trinajstić information content (AvgIpc) is 2.15. The van der Waals surface area contributed by atoms with Gasteiger partial charge < -0.3 is 0 Å². The molecule has 3 heteroatoms. The van der Waals surface area contributed by atoms with Gasteiger partial charge in [0.15, 0.2) is 0 Å². The third-order valence-corrected chi connectivity index (χ3v) is 2.07. The van der Waals surface area contributed by atoms with Crippen LogP contribution < -0.4 is 0 Å². The van der Waals surface area contributed by atoms with Gasteiger partial charge in [-0.1, -0.05) is 25.6 Å². The first-order chi connectivity index (χ1) is 6.49. The second-order valence-corrected chi connectivity index (χ2v) is 2.97. The molecular weight excluding hydrogens is 189 g/mol. The molecule has 0 aliphatic carbocycles. The summed E-state index contributed by atoms with van der Waals surface area (Å²) in [6.45, 7) is 5.39. The summed E-state index contributed by atoms with van der Waals surface area (Å²) in [4.78, 5) is 0. The molecule has 0 aromatic heterocycles. The summed E-state index contributed by atoms with van der Waals surface area (Å²) in [5, 5.41) is 0. The van der Waals surface area contributed by atoms with Crippen molar-refractivity contribution >= 4 is 6.08 Å².